The van der Waals surface area contributed by atoms with Crippen molar-refractivity contribution < 1.29 is 22.6 Å². The van der Waals surface area contributed by atoms with Crippen molar-refractivity contribution in [2.24, 2.45) is 5.10 Å². The zero-order valence-electron chi connectivity index (χ0n) is 16.0. The average Bonchev–Trinajstić information content (AvgIpc) is 2.66. The number of hydrogen-bond acceptors (Lipinski definition) is 6. The maximum Gasteiger partial charge on any atom is 0.276 e. The van der Waals surface area contributed by atoms with Crippen LogP contribution in [0.1, 0.15) is 24.0 Å². The summed E-state index contributed by atoms with van der Waals surface area (Å²) in [6.07, 6.45) is 1.50. The van der Waals surface area contributed by atoms with Crippen LogP contribution in [0.25, 0.3) is 0 Å². The summed E-state index contributed by atoms with van der Waals surface area (Å²) in [5.41, 5.74) is 1.76. The van der Waals surface area contributed by atoms with Crippen LogP contribution in [0, 0.1) is 6.92 Å². The quantitative estimate of drug-likeness (QED) is 0.551. The minimum atomic E-state index is -3.72. The molecule has 2 aromatic carbocycles. The number of aryl methyl sites for hydroxylation is 1. The van der Waals surface area contributed by atoms with E-state index < -0.39 is 10.0 Å². The van der Waals surface area contributed by atoms with Gasteiger partial charge in [-0.1, -0.05) is 24.6 Å². The summed E-state index contributed by atoms with van der Waals surface area (Å²) in [5.74, 6) is 1.45. The Balaban J connectivity index is 2.21. The van der Waals surface area contributed by atoms with Crippen LogP contribution in [0.5, 0.6) is 17.2 Å². The minimum Gasteiger partial charge on any atom is -0.496 e. The molecule has 0 aliphatic heterocycles. The summed E-state index contributed by atoms with van der Waals surface area (Å²) in [7, 11) is 0.920. The smallest absolute Gasteiger partial charge is 0.276 e. The standard InChI is InChI=1S/C19H24N2O5S/c1-13-6-8-15(9-7-13)27(22,23)21-20-12-14(2)16-10-18(25-4)19(26-5)11-17(16)24-3/h6-12,14,21H,1-5H3/b20-12+. The van der Waals surface area contributed by atoms with E-state index in [1.807, 2.05) is 13.8 Å². The highest BCUT2D eigenvalue weighted by Gasteiger charge is 2.17. The number of sulfonamides is 1. The molecule has 0 saturated heterocycles. The lowest BCUT2D eigenvalue weighted by molar-refractivity contribution is 0.347. The number of rotatable bonds is 8. The van der Waals surface area contributed by atoms with E-state index in [1.165, 1.54) is 18.3 Å². The Kier molecular flexibility index (Phi) is 6.68. The first kappa shape index (κ1) is 20.6. The lowest BCUT2D eigenvalue weighted by Gasteiger charge is -2.16. The molecule has 2 aromatic rings. The highest BCUT2D eigenvalue weighted by molar-refractivity contribution is 7.89. The van der Waals surface area contributed by atoms with Gasteiger partial charge in [0.1, 0.15) is 5.75 Å². The van der Waals surface area contributed by atoms with Crippen molar-refractivity contribution in [1.29, 1.82) is 0 Å². The normalized spacial score (nSPS) is 12.6. The van der Waals surface area contributed by atoms with Gasteiger partial charge in [-0.3, -0.25) is 0 Å². The highest BCUT2D eigenvalue weighted by Crippen LogP contribution is 2.37. The summed E-state index contributed by atoms with van der Waals surface area (Å²) in [5, 5.41) is 3.90. The molecule has 0 aliphatic carbocycles. The summed E-state index contributed by atoms with van der Waals surface area (Å²) in [6, 6.07) is 10.0. The molecule has 2 rings (SSSR count). The lowest BCUT2D eigenvalue weighted by Crippen LogP contribution is -2.18. The summed E-state index contributed by atoms with van der Waals surface area (Å²) in [6.45, 7) is 3.76. The third kappa shape index (κ3) is 4.91. The molecular formula is C19H24N2O5S. The lowest BCUT2D eigenvalue weighted by atomic mass is 10.0. The number of ether oxygens (including phenoxy) is 3. The van der Waals surface area contributed by atoms with Gasteiger partial charge in [0.2, 0.25) is 0 Å². The number of hydrazone groups is 1. The van der Waals surface area contributed by atoms with Gasteiger partial charge in [-0.2, -0.15) is 13.5 Å². The van der Waals surface area contributed by atoms with E-state index in [0.29, 0.717) is 17.2 Å². The molecule has 1 atom stereocenters. The number of methoxy groups -OCH3 is 3. The first-order valence-electron chi connectivity index (χ1n) is 8.24. The van der Waals surface area contributed by atoms with Crippen LogP contribution in [-0.4, -0.2) is 36.0 Å². The van der Waals surface area contributed by atoms with Gasteiger partial charge in [-0.15, -0.1) is 0 Å². The van der Waals surface area contributed by atoms with Gasteiger partial charge in [0.25, 0.3) is 10.0 Å². The molecule has 27 heavy (non-hydrogen) atoms. The molecule has 146 valence electrons. The fourth-order valence-corrected chi connectivity index (χ4v) is 3.27. The van der Waals surface area contributed by atoms with E-state index in [9.17, 15) is 8.42 Å². The van der Waals surface area contributed by atoms with Crippen molar-refractivity contribution in [3.8, 4) is 17.2 Å². The second-order valence-electron chi connectivity index (χ2n) is 5.92. The Morgan fingerprint density at radius 2 is 1.52 bits per heavy atom. The van der Waals surface area contributed by atoms with Crippen molar-refractivity contribution in [3.05, 3.63) is 47.5 Å². The van der Waals surface area contributed by atoms with Crippen molar-refractivity contribution in [2.75, 3.05) is 21.3 Å². The Bertz CT molecular complexity index is 908. The molecular weight excluding hydrogens is 368 g/mol. The Morgan fingerprint density at radius 3 is 2.07 bits per heavy atom. The zero-order valence-corrected chi connectivity index (χ0v) is 16.8. The summed E-state index contributed by atoms with van der Waals surface area (Å²) >= 11 is 0. The summed E-state index contributed by atoms with van der Waals surface area (Å²) < 4.78 is 40.5. The molecule has 1 unspecified atom stereocenters. The van der Waals surface area contributed by atoms with Gasteiger partial charge in [0.15, 0.2) is 11.5 Å². The van der Waals surface area contributed by atoms with Crippen LogP contribution in [0.2, 0.25) is 0 Å². The van der Waals surface area contributed by atoms with Crippen molar-refractivity contribution in [2.45, 2.75) is 24.7 Å². The second kappa shape index (κ2) is 8.77. The Morgan fingerprint density at radius 1 is 0.963 bits per heavy atom. The first-order valence-corrected chi connectivity index (χ1v) is 9.72. The van der Waals surface area contributed by atoms with E-state index in [-0.39, 0.29) is 10.8 Å². The third-order valence-electron chi connectivity index (χ3n) is 4.03. The zero-order chi connectivity index (χ0) is 20.0. The molecule has 8 heteroatoms. The van der Waals surface area contributed by atoms with Gasteiger partial charge in [-0.05, 0) is 25.1 Å². The highest BCUT2D eigenvalue weighted by atomic mass is 32.2. The van der Waals surface area contributed by atoms with Gasteiger partial charge in [0.05, 0.1) is 26.2 Å². The molecule has 0 fully saturated rings. The first-order chi connectivity index (χ1) is 12.8. The topological polar surface area (TPSA) is 86.2 Å². The molecule has 0 aliphatic rings. The Hall–Kier alpha value is -2.74. The molecule has 0 spiro atoms. The molecule has 1 N–H and O–H groups in total. The van der Waals surface area contributed by atoms with E-state index in [1.54, 1.807) is 45.6 Å². The van der Waals surface area contributed by atoms with E-state index >= 15 is 0 Å². The number of nitrogens with one attached hydrogen (secondary N) is 1. The predicted octanol–water partition coefficient (Wildman–Crippen LogP) is 3.09. The van der Waals surface area contributed by atoms with Crippen LogP contribution < -0.4 is 19.0 Å². The number of nitrogens with zero attached hydrogens (tertiary/aromatic N) is 1. The fourth-order valence-electron chi connectivity index (χ4n) is 2.47. The molecule has 7 nitrogen and oxygen atoms in total. The van der Waals surface area contributed by atoms with Crippen molar-refractivity contribution in [1.82, 2.24) is 4.83 Å². The van der Waals surface area contributed by atoms with Crippen LogP contribution in [0.15, 0.2) is 46.4 Å². The van der Waals surface area contributed by atoms with Crippen LogP contribution in [-0.2, 0) is 10.0 Å². The van der Waals surface area contributed by atoms with Gasteiger partial charge in [0, 0.05) is 23.8 Å². The van der Waals surface area contributed by atoms with Crippen LogP contribution in [0.3, 0.4) is 0 Å². The van der Waals surface area contributed by atoms with E-state index in [4.69, 9.17) is 14.2 Å². The van der Waals surface area contributed by atoms with E-state index in [0.717, 1.165) is 11.1 Å². The average molecular weight is 392 g/mol. The molecule has 0 heterocycles. The fraction of sp³-hybridized carbons (Fsp3) is 0.316. The summed E-state index contributed by atoms with van der Waals surface area (Å²) in [4.78, 5) is 2.38. The van der Waals surface area contributed by atoms with Crippen LogP contribution >= 0.6 is 0 Å². The van der Waals surface area contributed by atoms with E-state index in [2.05, 4.69) is 9.93 Å². The Labute approximate surface area is 160 Å². The maximum atomic E-state index is 12.3. The van der Waals surface area contributed by atoms with Crippen LogP contribution in [0.4, 0.5) is 0 Å². The van der Waals surface area contributed by atoms with Gasteiger partial charge in [-0.25, -0.2) is 4.83 Å². The molecule has 0 amide bonds. The number of benzene rings is 2. The predicted molar refractivity (Wildman–Crippen MR) is 105 cm³/mol. The van der Waals surface area contributed by atoms with Crippen molar-refractivity contribution >= 4 is 16.2 Å². The maximum absolute atomic E-state index is 12.3. The largest absolute Gasteiger partial charge is 0.496 e. The van der Waals surface area contributed by atoms with Gasteiger partial charge < -0.3 is 14.2 Å². The van der Waals surface area contributed by atoms with Gasteiger partial charge >= 0.3 is 0 Å². The molecule has 0 saturated carbocycles. The molecule has 0 aromatic heterocycles. The second-order valence-corrected chi connectivity index (χ2v) is 7.58. The number of hydrogen-bond donors (Lipinski definition) is 1. The third-order valence-corrected chi connectivity index (χ3v) is 5.27. The molecule has 0 radical (unpaired) electrons. The van der Waals surface area contributed by atoms with Crippen molar-refractivity contribution in [3.63, 3.8) is 0 Å². The SMILES string of the molecule is COc1cc(OC)c(C(C)/C=N/NS(=O)(=O)c2ccc(C)cc2)cc1OC. The monoisotopic (exact) mass is 392 g/mol. The minimum absolute atomic E-state index is 0.154. The molecule has 0 bridgehead atoms.